The summed E-state index contributed by atoms with van der Waals surface area (Å²) >= 11 is 3.32. The maximum Gasteiger partial charge on any atom is 0.195 e. The number of allylic oxidation sites excluding steroid dienone is 2. The van der Waals surface area contributed by atoms with Crippen molar-refractivity contribution in [1.29, 1.82) is 15.8 Å². The van der Waals surface area contributed by atoms with Gasteiger partial charge in [0.15, 0.2) is 22.9 Å². The van der Waals surface area contributed by atoms with Crippen LogP contribution in [-0.4, -0.2) is 20.0 Å². The zero-order valence-corrected chi connectivity index (χ0v) is 16.5. The van der Waals surface area contributed by atoms with E-state index in [1.165, 1.54) is 26.4 Å². The largest absolute Gasteiger partial charge is 0.493 e. The highest BCUT2D eigenvalue weighted by molar-refractivity contribution is 9.10. The van der Waals surface area contributed by atoms with Gasteiger partial charge < -0.3 is 14.8 Å². The lowest BCUT2D eigenvalue weighted by Gasteiger charge is -2.15. The molecule has 0 unspecified atom stereocenters. The van der Waals surface area contributed by atoms with E-state index >= 15 is 0 Å². The molecular formula is C20H13BrN4O3. The van der Waals surface area contributed by atoms with Gasteiger partial charge in [-0.15, -0.1) is 0 Å². The van der Waals surface area contributed by atoms with Crippen molar-refractivity contribution in [2.75, 3.05) is 19.5 Å². The molecule has 138 valence electrons. The van der Waals surface area contributed by atoms with Gasteiger partial charge in [-0.3, -0.25) is 4.79 Å². The summed E-state index contributed by atoms with van der Waals surface area (Å²) in [5, 5.41) is 30.1. The lowest BCUT2D eigenvalue weighted by molar-refractivity contribution is 0.103. The molecule has 0 aliphatic carbocycles. The minimum Gasteiger partial charge on any atom is -0.493 e. The van der Waals surface area contributed by atoms with Crippen molar-refractivity contribution in [2.45, 2.75) is 0 Å². The first-order chi connectivity index (χ1) is 13.5. The van der Waals surface area contributed by atoms with Crippen molar-refractivity contribution in [3.8, 4) is 29.7 Å². The first-order valence-corrected chi connectivity index (χ1v) is 8.56. The molecule has 8 heteroatoms. The third-order valence-corrected chi connectivity index (χ3v) is 4.25. The van der Waals surface area contributed by atoms with Crippen LogP contribution in [-0.2, 0) is 0 Å². The number of nitriles is 3. The molecule has 0 heterocycles. The summed E-state index contributed by atoms with van der Waals surface area (Å²) in [5.41, 5.74) is 0.108. The van der Waals surface area contributed by atoms with Crippen molar-refractivity contribution < 1.29 is 14.3 Å². The minimum absolute atomic E-state index is 0.183. The van der Waals surface area contributed by atoms with Crippen LogP contribution in [0.25, 0.3) is 0 Å². The van der Waals surface area contributed by atoms with E-state index in [2.05, 4.69) is 21.2 Å². The molecular weight excluding hydrogens is 424 g/mol. The normalized spacial score (nSPS) is 9.29. The highest BCUT2D eigenvalue weighted by atomic mass is 79.9. The van der Waals surface area contributed by atoms with E-state index in [1.54, 1.807) is 42.5 Å². The first kappa shape index (κ1) is 20.5. The Morgan fingerprint density at radius 1 is 0.964 bits per heavy atom. The standard InChI is InChI=1S/C20H13BrN4O3/c1-27-18-7-15(20(26)12-3-5-14(21)6-4-12)16(8-19(18)28-2)25-17(11-24)13(9-22)10-23/h3-8,25H,1-2H3. The second-order valence-corrected chi connectivity index (χ2v) is 6.21. The number of carbonyl (C=O) groups is 1. The van der Waals surface area contributed by atoms with Gasteiger partial charge in [0.25, 0.3) is 0 Å². The number of ether oxygens (including phenoxy) is 2. The third-order valence-electron chi connectivity index (χ3n) is 3.72. The van der Waals surface area contributed by atoms with E-state index in [0.717, 1.165) is 4.47 Å². The Bertz CT molecular complexity index is 1050. The van der Waals surface area contributed by atoms with Crippen LogP contribution in [0.4, 0.5) is 5.69 Å². The fraction of sp³-hybridized carbons (Fsp3) is 0.100. The SMILES string of the molecule is COc1cc(NC(C#N)=C(C#N)C#N)c(C(=O)c2ccc(Br)cc2)cc1OC. The number of methoxy groups -OCH3 is 2. The Morgan fingerprint density at radius 3 is 2.04 bits per heavy atom. The number of ketones is 1. The van der Waals surface area contributed by atoms with Crippen LogP contribution in [0, 0.1) is 34.0 Å². The second-order valence-electron chi connectivity index (χ2n) is 5.30. The summed E-state index contributed by atoms with van der Waals surface area (Å²) in [5.74, 6) is 0.283. The van der Waals surface area contributed by atoms with Gasteiger partial charge in [0.2, 0.25) is 0 Å². The molecule has 0 atom stereocenters. The quantitative estimate of drug-likeness (QED) is 0.537. The average Bonchev–Trinajstić information content (AvgIpc) is 2.73. The molecule has 0 radical (unpaired) electrons. The third kappa shape index (κ3) is 4.29. The van der Waals surface area contributed by atoms with Gasteiger partial charge >= 0.3 is 0 Å². The smallest absolute Gasteiger partial charge is 0.195 e. The first-order valence-electron chi connectivity index (χ1n) is 7.76. The molecule has 0 saturated carbocycles. The van der Waals surface area contributed by atoms with Crippen molar-refractivity contribution in [2.24, 2.45) is 0 Å². The molecule has 0 aliphatic heterocycles. The lowest BCUT2D eigenvalue weighted by Crippen LogP contribution is -2.10. The van der Waals surface area contributed by atoms with E-state index in [-0.39, 0.29) is 22.7 Å². The number of nitrogens with one attached hydrogen (secondary N) is 1. The van der Waals surface area contributed by atoms with E-state index in [4.69, 9.17) is 20.0 Å². The van der Waals surface area contributed by atoms with E-state index in [0.29, 0.717) is 17.1 Å². The summed E-state index contributed by atoms with van der Waals surface area (Å²) in [6, 6.07) is 14.7. The molecule has 0 spiro atoms. The fourth-order valence-electron chi connectivity index (χ4n) is 2.34. The Morgan fingerprint density at radius 2 is 1.54 bits per heavy atom. The van der Waals surface area contributed by atoms with E-state index in [9.17, 15) is 10.1 Å². The van der Waals surface area contributed by atoms with Gasteiger partial charge in [0.1, 0.15) is 23.9 Å². The average molecular weight is 437 g/mol. The van der Waals surface area contributed by atoms with Crippen LogP contribution in [0.1, 0.15) is 15.9 Å². The number of anilines is 1. The predicted octanol–water partition coefficient (Wildman–Crippen LogP) is 3.93. The molecule has 1 N–H and O–H groups in total. The summed E-state index contributed by atoms with van der Waals surface area (Å²) in [7, 11) is 2.86. The predicted molar refractivity (Wildman–Crippen MR) is 105 cm³/mol. The van der Waals surface area contributed by atoms with Crippen LogP contribution < -0.4 is 14.8 Å². The van der Waals surface area contributed by atoms with E-state index in [1.807, 2.05) is 0 Å². The highest BCUT2D eigenvalue weighted by Crippen LogP contribution is 2.35. The van der Waals surface area contributed by atoms with Crippen LogP contribution in [0.3, 0.4) is 0 Å². The number of nitrogens with zero attached hydrogens (tertiary/aromatic N) is 3. The summed E-state index contributed by atoms with van der Waals surface area (Å²) in [6.45, 7) is 0. The van der Waals surface area contributed by atoms with Crippen molar-refractivity contribution >= 4 is 27.4 Å². The molecule has 7 nitrogen and oxygen atoms in total. The monoisotopic (exact) mass is 436 g/mol. The zero-order chi connectivity index (χ0) is 20.7. The molecule has 0 fully saturated rings. The molecule has 0 bridgehead atoms. The molecule has 28 heavy (non-hydrogen) atoms. The Kier molecular flexibility index (Phi) is 6.76. The Labute approximate surface area is 170 Å². The van der Waals surface area contributed by atoms with Crippen LogP contribution in [0.5, 0.6) is 11.5 Å². The van der Waals surface area contributed by atoms with Crippen LogP contribution >= 0.6 is 15.9 Å². The summed E-state index contributed by atoms with van der Waals surface area (Å²) in [6.07, 6.45) is 0. The number of hydrogen-bond donors (Lipinski definition) is 1. The maximum absolute atomic E-state index is 13.0. The zero-order valence-electron chi connectivity index (χ0n) is 14.9. The number of carbonyl (C=O) groups excluding carboxylic acids is 1. The van der Waals surface area contributed by atoms with Gasteiger partial charge in [0, 0.05) is 21.7 Å². The van der Waals surface area contributed by atoms with Gasteiger partial charge in [-0.1, -0.05) is 15.9 Å². The molecule has 2 aromatic rings. The van der Waals surface area contributed by atoms with Gasteiger partial charge in [-0.2, -0.15) is 15.8 Å². The molecule has 0 saturated heterocycles. The molecule has 2 aromatic carbocycles. The van der Waals surface area contributed by atoms with Gasteiger partial charge in [-0.05, 0) is 30.3 Å². The number of halogens is 1. The fourth-order valence-corrected chi connectivity index (χ4v) is 2.61. The molecule has 0 amide bonds. The van der Waals surface area contributed by atoms with Crippen molar-refractivity contribution in [1.82, 2.24) is 0 Å². The number of hydrogen-bond acceptors (Lipinski definition) is 7. The van der Waals surface area contributed by atoms with Crippen LogP contribution in [0.2, 0.25) is 0 Å². The Balaban J connectivity index is 2.67. The van der Waals surface area contributed by atoms with E-state index < -0.39 is 5.57 Å². The summed E-state index contributed by atoms with van der Waals surface area (Å²) in [4.78, 5) is 13.0. The second kappa shape index (κ2) is 9.23. The van der Waals surface area contributed by atoms with Gasteiger partial charge in [0.05, 0.1) is 19.9 Å². The number of rotatable bonds is 6. The van der Waals surface area contributed by atoms with Crippen molar-refractivity contribution in [3.63, 3.8) is 0 Å². The topological polar surface area (TPSA) is 119 Å². The highest BCUT2D eigenvalue weighted by Gasteiger charge is 2.20. The van der Waals surface area contributed by atoms with Crippen LogP contribution in [0.15, 0.2) is 52.1 Å². The molecule has 0 aliphatic rings. The van der Waals surface area contributed by atoms with Crippen molar-refractivity contribution in [3.05, 3.63) is 63.3 Å². The van der Waals surface area contributed by atoms with Gasteiger partial charge in [-0.25, -0.2) is 0 Å². The number of benzene rings is 2. The Hall–Kier alpha value is -3.80. The minimum atomic E-state index is -0.403. The lowest BCUT2D eigenvalue weighted by atomic mass is 10.0. The maximum atomic E-state index is 13.0. The summed E-state index contributed by atoms with van der Waals surface area (Å²) < 4.78 is 11.3. The molecule has 2 rings (SSSR count). The molecule has 0 aromatic heterocycles.